The number of hydrogen-bond donors (Lipinski definition) is 1. The summed E-state index contributed by atoms with van der Waals surface area (Å²) in [5.41, 5.74) is 6.23. The fourth-order valence-electron chi connectivity index (χ4n) is 2.78. The summed E-state index contributed by atoms with van der Waals surface area (Å²) >= 11 is 0. The third kappa shape index (κ3) is 2.84. The largest absolute Gasteiger partial charge is 0.340 e. The van der Waals surface area contributed by atoms with Gasteiger partial charge in [-0.3, -0.25) is 4.98 Å². The van der Waals surface area contributed by atoms with Crippen LogP contribution in [0.4, 0.5) is 11.4 Å². The molecule has 1 aromatic heterocycles. The van der Waals surface area contributed by atoms with Gasteiger partial charge in [0.2, 0.25) is 0 Å². The molecule has 1 aliphatic heterocycles. The second kappa shape index (κ2) is 6.13. The summed E-state index contributed by atoms with van der Waals surface area (Å²) in [5.74, 6) is 0.803. The van der Waals surface area contributed by atoms with Gasteiger partial charge in [-0.15, -0.1) is 0 Å². The highest BCUT2D eigenvalue weighted by molar-refractivity contribution is 6.11. The van der Waals surface area contributed by atoms with Crippen molar-refractivity contribution >= 4 is 23.3 Å². The zero-order chi connectivity index (χ0) is 16.4. The average Bonchev–Trinajstić information content (AvgIpc) is 2.76. The average molecular weight is 311 g/mol. The van der Waals surface area contributed by atoms with Crippen LogP contribution in [0, 0.1) is 6.92 Å². The molecule has 2 aromatic carbocycles. The highest BCUT2D eigenvalue weighted by Crippen LogP contribution is 2.36. The second-order valence-electron chi connectivity index (χ2n) is 5.79. The lowest BCUT2D eigenvalue weighted by Gasteiger charge is -2.09. The van der Waals surface area contributed by atoms with Crippen molar-refractivity contribution < 1.29 is 0 Å². The van der Waals surface area contributed by atoms with E-state index in [1.54, 1.807) is 0 Å². The van der Waals surface area contributed by atoms with Gasteiger partial charge in [0.25, 0.3) is 0 Å². The van der Waals surface area contributed by atoms with Crippen LogP contribution < -0.4 is 5.32 Å². The van der Waals surface area contributed by atoms with Crippen LogP contribution in [0.25, 0.3) is 17.3 Å². The van der Waals surface area contributed by atoms with E-state index in [0.717, 1.165) is 34.0 Å². The highest BCUT2D eigenvalue weighted by atomic mass is 15.0. The van der Waals surface area contributed by atoms with E-state index >= 15 is 0 Å². The molecule has 0 spiro atoms. The Morgan fingerprint density at radius 3 is 2.67 bits per heavy atom. The Hall–Kier alpha value is -3.20. The molecular weight excluding hydrogens is 294 g/mol. The van der Waals surface area contributed by atoms with Crippen LogP contribution in [0.3, 0.4) is 0 Å². The number of anilines is 1. The summed E-state index contributed by atoms with van der Waals surface area (Å²) in [7, 11) is 0. The minimum Gasteiger partial charge on any atom is -0.340 e. The maximum absolute atomic E-state index is 4.75. The molecule has 3 aromatic rings. The van der Waals surface area contributed by atoms with Gasteiger partial charge in [0.1, 0.15) is 5.84 Å². The van der Waals surface area contributed by atoms with Crippen LogP contribution in [0.15, 0.2) is 77.9 Å². The summed E-state index contributed by atoms with van der Waals surface area (Å²) < 4.78 is 0. The van der Waals surface area contributed by atoms with E-state index in [1.807, 2.05) is 42.6 Å². The van der Waals surface area contributed by atoms with Gasteiger partial charge in [-0.05, 0) is 42.3 Å². The number of aryl methyl sites for hydroxylation is 1. The molecule has 0 bridgehead atoms. The molecule has 0 radical (unpaired) electrons. The molecule has 2 heterocycles. The second-order valence-corrected chi connectivity index (χ2v) is 5.79. The lowest BCUT2D eigenvalue weighted by atomic mass is 10.1. The number of amidine groups is 1. The van der Waals surface area contributed by atoms with Gasteiger partial charge in [0.05, 0.1) is 11.4 Å². The molecule has 0 fully saturated rings. The van der Waals surface area contributed by atoms with E-state index in [1.165, 1.54) is 5.56 Å². The molecule has 0 saturated carbocycles. The predicted molar refractivity (Wildman–Crippen MR) is 101 cm³/mol. The van der Waals surface area contributed by atoms with Crippen molar-refractivity contribution in [1.29, 1.82) is 0 Å². The van der Waals surface area contributed by atoms with E-state index in [0.29, 0.717) is 0 Å². The zero-order valence-electron chi connectivity index (χ0n) is 13.4. The number of benzene rings is 2. The van der Waals surface area contributed by atoms with Crippen molar-refractivity contribution in [2.75, 3.05) is 5.32 Å². The van der Waals surface area contributed by atoms with Crippen molar-refractivity contribution in [3.63, 3.8) is 0 Å². The van der Waals surface area contributed by atoms with Crippen LogP contribution in [-0.2, 0) is 0 Å². The smallest absolute Gasteiger partial charge is 0.131 e. The van der Waals surface area contributed by atoms with E-state index in [2.05, 4.69) is 53.6 Å². The van der Waals surface area contributed by atoms with Crippen LogP contribution in [0.2, 0.25) is 0 Å². The molecule has 24 heavy (non-hydrogen) atoms. The van der Waals surface area contributed by atoms with Gasteiger partial charge >= 0.3 is 0 Å². The van der Waals surface area contributed by atoms with Crippen molar-refractivity contribution in [3.05, 3.63) is 84.1 Å². The zero-order valence-corrected chi connectivity index (χ0v) is 13.4. The fraction of sp³-hybridized carbons (Fsp3) is 0.0476. The Kier molecular flexibility index (Phi) is 3.67. The number of nitrogens with one attached hydrogen (secondary N) is 1. The van der Waals surface area contributed by atoms with Crippen molar-refractivity contribution in [3.8, 4) is 11.3 Å². The number of pyridine rings is 1. The van der Waals surface area contributed by atoms with Crippen LogP contribution in [-0.4, -0.2) is 10.8 Å². The topological polar surface area (TPSA) is 37.3 Å². The molecular formula is C21H17N3. The van der Waals surface area contributed by atoms with E-state index in [9.17, 15) is 0 Å². The van der Waals surface area contributed by atoms with Gasteiger partial charge in [0.15, 0.2) is 0 Å². The Morgan fingerprint density at radius 2 is 1.79 bits per heavy atom. The standard InChI is InChI=1S/C21H17N3/c1-15-9-11-17-19(14-15)24-20(12-10-16-6-3-2-4-7-16)23-18-8-5-13-22-21(17)18/h2-14H,1H3,(H,23,24)/b12-10+. The number of rotatable bonds is 2. The quantitative estimate of drug-likeness (QED) is 0.704. The van der Waals surface area contributed by atoms with E-state index < -0.39 is 0 Å². The Labute approximate surface area is 141 Å². The third-order valence-electron chi connectivity index (χ3n) is 3.95. The first-order chi connectivity index (χ1) is 11.8. The first kappa shape index (κ1) is 14.4. The van der Waals surface area contributed by atoms with Gasteiger partial charge in [-0.2, -0.15) is 0 Å². The molecule has 0 amide bonds. The predicted octanol–water partition coefficient (Wildman–Crippen LogP) is 5.23. The first-order valence-corrected chi connectivity index (χ1v) is 7.94. The van der Waals surface area contributed by atoms with E-state index in [-0.39, 0.29) is 0 Å². The van der Waals surface area contributed by atoms with Gasteiger partial charge < -0.3 is 5.32 Å². The molecule has 1 aliphatic rings. The summed E-state index contributed by atoms with van der Waals surface area (Å²) in [6.45, 7) is 2.09. The van der Waals surface area contributed by atoms with Crippen LogP contribution in [0.1, 0.15) is 11.1 Å². The molecule has 0 saturated heterocycles. The molecule has 0 unspecified atom stereocenters. The number of aromatic nitrogens is 1. The molecule has 4 rings (SSSR count). The Balaban J connectivity index is 1.80. The third-order valence-corrected chi connectivity index (χ3v) is 3.95. The normalized spacial score (nSPS) is 12.8. The maximum atomic E-state index is 4.75. The number of hydrogen-bond acceptors (Lipinski definition) is 3. The Bertz CT molecular complexity index is 940. The molecule has 3 heteroatoms. The Morgan fingerprint density at radius 1 is 0.917 bits per heavy atom. The maximum Gasteiger partial charge on any atom is 0.131 e. The summed E-state index contributed by atoms with van der Waals surface area (Å²) in [4.78, 5) is 9.29. The fourth-order valence-corrected chi connectivity index (χ4v) is 2.78. The minimum absolute atomic E-state index is 0.803. The molecule has 0 aliphatic carbocycles. The number of fused-ring (bicyclic) bond motifs is 3. The van der Waals surface area contributed by atoms with Crippen molar-refractivity contribution in [1.82, 2.24) is 4.98 Å². The van der Waals surface area contributed by atoms with Gasteiger partial charge in [-0.25, -0.2) is 4.99 Å². The van der Waals surface area contributed by atoms with Gasteiger partial charge in [0, 0.05) is 17.4 Å². The molecule has 116 valence electrons. The van der Waals surface area contributed by atoms with Crippen molar-refractivity contribution in [2.45, 2.75) is 6.92 Å². The SMILES string of the molecule is Cc1ccc2c(c1)NC(/C=C/c1ccccc1)=Nc1cccnc1-2. The minimum atomic E-state index is 0.803. The number of nitrogens with zero attached hydrogens (tertiary/aromatic N) is 2. The monoisotopic (exact) mass is 311 g/mol. The lowest BCUT2D eigenvalue weighted by molar-refractivity contribution is 1.31. The van der Waals surface area contributed by atoms with Crippen molar-refractivity contribution in [2.24, 2.45) is 4.99 Å². The highest BCUT2D eigenvalue weighted by Gasteiger charge is 2.15. The van der Waals surface area contributed by atoms with Crippen LogP contribution >= 0.6 is 0 Å². The first-order valence-electron chi connectivity index (χ1n) is 7.94. The molecule has 0 atom stereocenters. The molecule has 3 nitrogen and oxygen atoms in total. The van der Waals surface area contributed by atoms with Gasteiger partial charge in [-0.1, -0.05) is 48.5 Å². The summed E-state index contributed by atoms with van der Waals surface area (Å²) in [6.07, 6.45) is 5.87. The summed E-state index contributed by atoms with van der Waals surface area (Å²) in [5, 5.41) is 3.44. The van der Waals surface area contributed by atoms with E-state index in [4.69, 9.17) is 4.99 Å². The summed E-state index contributed by atoms with van der Waals surface area (Å²) in [6, 6.07) is 20.5. The lowest BCUT2D eigenvalue weighted by Crippen LogP contribution is -2.08. The number of aliphatic imine (C=N–C) groups is 1. The van der Waals surface area contributed by atoms with Crippen LogP contribution in [0.5, 0.6) is 0 Å². The molecule has 1 N–H and O–H groups in total.